The summed E-state index contributed by atoms with van der Waals surface area (Å²) in [6.45, 7) is 0. The lowest BCUT2D eigenvalue weighted by Gasteiger charge is -2.09. The summed E-state index contributed by atoms with van der Waals surface area (Å²) in [7, 11) is -3.30. The van der Waals surface area contributed by atoms with E-state index in [2.05, 4.69) is 26.2 Å². The predicted molar refractivity (Wildman–Crippen MR) is 129 cm³/mol. The molecule has 10 heteroatoms. The second-order valence-electron chi connectivity index (χ2n) is 6.47. The lowest BCUT2D eigenvalue weighted by atomic mass is 10.1. The van der Waals surface area contributed by atoms with Crippen LogP contribution in [0.25, 0.3) is 21.0 Å². The van der Waals surface area contributed by atoms with Gasteiger partial charge in [-0.3, -0.25) is 4.79 Å². The molecule has 1 amide bonds. The molecule has 4 rings (SSSR count). The van der Waals surface area contributed by atoms with E-state index in [-0.39, 0.29) is 16.6 Å². The number of halogens is 2. The zero-order valence-electron chi connectivity index (χ0n) is 15.5. The van der Waals surface area contributed by atoms with Crippen LogP contribution in [0, 0.1) is 0 Å². The highest BCUT2D eigenvalue weighted by molar-refractivity contribution is 9.10. The minimum Gasteiger partial charge on any atom is -0.301 e. The number of carbonyl (C=O) groups excluding carboxylic acids is 1. The number of benzene rings is 3. The standard InChI is InChI=1S/C20H14BrClN2O3S3/c1-30(26,27)11-5-7-15-17(9-11)29-20(23-15)24-18(25)10-28-16-8-6-13(21)12-3-2-4-14(22)19(12)16/h2-9H,10H2,1H3,(H,23,24,25). The molecule has 0 radical (unpaired) electrons. The van der Waals surface area contributed by atoms with Crippen LogP contribution in [0.2, 0.25) is 5.02 Å². The van der Waals surface area contributed by atoms with Crippen molar-refractivity contribution in [2.45, 2.75) is 9.79 Å². The van der Waals surface area contributed by atoms with E-state index in [0.717, 1.165) is 26.4 Å². The van der Waals surface area contributed by atoms with E-state index in [1.165, 1.54) is 29.2 Å². The summed E-state index contributed by atoms with van der Waals surface area (Å²) >= 11 is 12.5. The molecule has 154 valence electrons. The number of nitrogens with one attached hydrogen (secondary N) is 1. The Morgan fingerprint density at radius 1 is 1.23 bits per heavy atom. The van der Waals surface area contributed by atoms with Crippen LogP contribution in [0.15, 0.2) is 62.8 Å². The molecule has 3 aromatic carbocycles. The first kappa shape index (κ1) is 21.6. The van der Waals surface area contributed by atoms with E-state index in [4.69, 9.17) is 11.6 Å². The highest BCUT2D eigenvalue weighted by Crippen LogP contribution is 2.37. The quantitative estimate of drug-likeness (QED) is 0.314. The highest BCUT2D eigenvalue weighted by atomic mass is 79.9. The average molecular weight is 542 g/mol. The normalized spacial score (nSPS) is 11.8. The van der Waals surface area contributed by atoms with E-state index in [0.29, 0.717) is 20.4 Å². The van der Waals surface area contributed by atoms with E-state index < -0.39 is 9.84 Å². The van der Waals surface area contributed by atoms with E-state index in [1.54, 1.807) is 12.1 Å². The number of thiazole rings is 1. The van der Waals surface area contributed by atoms with Gasteiger partial charge in [-0.25, -0.2) is 13.4 Å². The first-order valence-corrected chi connectivity index (χ1v) is 13.5. The summed E-state index contributed by atoms with van der Waals surface area (Å²) in [5.41, 5.74) is 0.640. The van der Waals surface area contributed by atoms with E-state index in [9.17, 15) is 13.2 Å². The molecule has 0 spiro atoms. The van der Waals surface area contributed by atoms with Crippen LogP contribution < -0.4 is 5.32 Å². The van der Waals surface area contributed by atoms with E-state index >= 15 is 0 Å². The smallest absolute Gasteiger partial charge is 0.236 e. The number of fused-ring (bicyclic) bond motifs is 2. The molecule has 0 aliphatic heterocycles. The van der Waals surface area contributed by atoms with Gasteiger partial charge in [-0.05, 0) is 41.8 Å². The fourth-order valence-corrected chi connectivity index (χ4v) is 6.23. The van der Waals surface area contributed by atoms with Gasteiger partial charge in [0.1, 0.15) is 0 Å². The molecule has 0 fully saturated rings. The minimum absolute atomic E-state index is 0.187. The van der Waals surface area contributed by atoms with Crippen LogP contribution in [0.5, 0.6) is 0 Å². The first-order chi connectivity index (χ1) is 14.2. The van der Waals surface area contributed by atoms with Gasteiger partial charge >= 0.3 is 0 Å². The lowest BCUT2D eigenvalue weighted by Crippen LogP contribution is -2.13. The Morgan fingerprint density at radius 3 is 2.80 bits per heavy atom. The third-order valence-electron chi connectivity index (χ3n) is 4.29. The van der Waals surface area contributed by atoms with Gasteiger partial charge in [0.25, 0.3) is 0 Å². The summed E-state index contributed by atoms with van der Waals surface area (Å²) in [5, 5.41) is 5.74. The van der Waals surface area contributed by atoms with Crippen molar-refractivity contribution in [1.82, 2.24) is 4.98 Å². The van der Waals surface area contributed by atoms with E-state index in [1.807, 2.05) is 30.3 Å². The van der Waals surface area contributed by atoms with Crippen LogP contribution in [-0.2, 0) is 14.6 Å². The maximum Gasteiger partial charge on any atom is 0.236 e. The van der Waals surface area contributed by atoms with Gasteiger partial charge in [-0.15, -0.1) is 11.8 Å². The van der Waals surface area contributed by atoms with Gasteiger partial charge in [0.2, 0.25) is 5.91 Å². The van der Waals surface area contributed by atoms with Gasteiger partial charge in [-0.2, -0.15) is 0 Å². The molecule has 0 saturated heterocycles. The monoisotopic (exact) mass is 540 g/mol. The third kappa shape index (κ3) is 4.50. The van der Waals surface area contributed by atoms with Gasteiger partial charge in [0.05, 0.1) is 20.9 Å². The Kier molecular flexibility index (Phi) is 6.09. The Balaban J connectivity index is 1.51. The van der Waals surface area contributed by atoms with Crippen LogP contribution in [0.4, 0.5) is 5.13 Å². The maximum absolute atomic E-state index is 12.5. The van der Waals surface area contributed by atoms with Crippen molar-refractivity contribution >= 4 is 92.5 Å². The Morgan fingerprint density at radius 2 is 2.03 bits per heavy atom. The van der Waals surface area contributed by atoms with Gasteiger partial charge in [0.15, 0.2) is 15.0 Å². The number of carbonyl (C=O) groups is 1. The fourth-order valence-electron chi connectivity index (χ4n) is 2.90. The van der Waals surface area contributed by atoms with Crippen molar-refractivity contribution in [3.63, 3.8) is 0 Å². The lowest BCUT2D eigenvalue weighted by molar-refractivity contribution is -0.113. The van der Waals surface area contributed by atoms with Crippen molar-refractivity contribution in [2.75, 3.05) is 17.3 Å². The van der Waals surface area contributed by atoms with Crippen molar-refractivity contribution < 1.29 is 13.2 Å². The summed E-state index contributed by atoms with van der Waals surface area (Å²) in [5.74, 6) is -0.0163. The minimum atomic E-state index is -3.30. The number of nitrogens with zero attached hydrogens (tertiary/aromatic N) is 1. The fraction of sp³-hybridized carbons (Fsp3) is 0.100. The molecule has 0 aliphatic rings. The molecule has 0 unspecified atom stereocenters. The molecule has 1 N–H and O–H groups in total. The van der Waals surface area contributed by atoms with Crippen molar-refractivity contribution in [3.05, 3.63) is 58.0 Å². The summed E-state index contributed by atoms with van der Waals surface area (Å²) in [4.78, 5) is 18.0. The largest absolute Gasteiger partial charge is 0.301 e. The number of thioether (sulfide) groups is 1. The third-order valence-corrected chi connectivity index (χ3v) is 8.40. The molecule has 0 saturated carbocycles. The summed E-state index contributed by atoms with van der Waals surface area (Å²) in [6.07, 6.45) is 1.16. The second kappa shape index (κ2) is 8.47. The number of hydrogen-bond donors (Lipinski definition) is 1. The van der Waals surface area contributed by atoms with Crippen molar-refractivity contribution in [2.24, 2.45) is 0 Å². The highest BCUT2D eigenvalue weighted by Gasteiger charge is 2.14. The van der Waals surface area contributed by atoms with Gasteiger partial charge in [-0.1, -0.05) is 51.0 Å². The number of hydrogen-bond acceptors (Lipinski definition) is 6. The summed E-state index contributed by atoms with van der Waals surface area (Å²) in [6, 6.07) is 14.3. The predicted octanol–water partition coefficient (Wildman–Crippen LogP) is 6.00. The molecule has 30 heavy (non-hydrogen) atoms. The molecule has 0 aliphatic carbocycles. The molecule has 0 bridgehead atoms. The van der Waals surface area contributed by atoms with Crippen LogP contribution in [0.1, 0.15) is 0 Å². The molecule has 5 nitrogen and oxygen atoms in total. The molecule has 4 aromatic rings. The molecule has 1 aromatic heterocycles. The average Bonchev–Trinajstić information content (AvgIpc) is 3.08. The number of sulfone groups is 1. The van der Waals surface area contributed by atoms with Gasteiger partial charge < -0.3 is 5.32 Å². The number of amides is 1. The molecule has 0 atom stereocenters. The zero-order valence-corrected chi connectivity index (χ0v) is 20.3. The van der Waals surface area contributed by atoms with Crippen LogP contribution >= 0.6 is 50.6 Å². The summed E-state index contributed by atoms with van der Waals surface area (Å²) < 4.78 is 25.1. The Bertz CT molecular complexity index is 1400. The number of rotatable bonds is 5. The topological polar surface area (TPSA) is 76.1 Å². The van der Waals surface area contributed by atoms with Crippen LogP contribution in [0.3, 0.4) is 0 Å². The number of aromatic nitrogens is 1. The second-order valence-corrected chi connectivity index (χ2v) is 11.8. The molecule has 1 heterocycles. The molecular weight excluding hydrogens is 528 g/mol. The Labute approximate surface area is 194 Å². The zero-order chi connectivity index (χ0) is 21.5. The van der Waals surface area contributed by atoms with Crippen LogP contribution in [-0.4, -0.2) is 31.3 Å². The van der Waals surface area contributed by atoms with Gasteiger partial charge in [0, 0.05) is 26.0 Å². The molecular formula is C20H14BrClN2O3S3. The SMILES string of the molecule is CS(=O)(=O)c1ccc2nc(NC(=O)CSc3ccc(Br)c4cccc(Cl)c34)sc2c1. The number of anilines is 1. The first-order valence-electron chi connectivity index (χ1n) is 8.62. The van der Waals surface area contributed by atoms with Crippen molar-refractivity contribution in [1.29, 1.82) is 0 Å². The maximum atomic E-state index is 12.5. The van der Waals surface area contributed by atoms with Crippen molar-refractivity contribution in [3.8, 4) is 0 Å². The Hall–Kier alpha value is -1.65.